The third kappa shape index (κ3) is 10.5. The van der Waals surface area contributed by atoms with Gasteiger partial charge in [-0.15, -0.1) is 18.3 Å². The van der Waals surface area contributed by atoms with E-state index in [-0.39, 0.29) is 61.3 Å². The highest BCUT2D eigenvalue weighted by molar-refractivity contribution is 7.99. The van der Waals surface area contributed by atoms with Gasteiger partial charge in [0.05, 0.1) is 35.8 Å². The van der Waals surface area contributed by atoms with Crippen LogP contribution in [-0.4, -0.2) is 92.2 Å². The highest BCUT2D eigenvalue weighted by atomic mass is 32.2. The van der Waals surface area contributed by atoms with Crippen LogP contribution in [0.2, 0.25) is 0 Å². The summed E-state index contributed by atoms with van der Waals surface area (Å²) in [6.07, 6.45) is 9.06. The molecule has 6 rings (SSSR count). The lowest BCUT2D eigenvalue weighted by molar-refractivity contribution is -0.251. The normalized spacial score (nSPS) is 23.7. The molecule has 330 valence electrons. The molecule has 3 aromatic carbocycles. The second-order valence-electron chi connectivity index (χ2n) is 15.8. The number of hydrogen-bond donors (Lipinski definition) is 3. The van der Waals surface area contributed by atoms with Crippen LogP contribution < -0.4 is 14.8 Å². The molecule has 1 saturated carbocycles. The van der Waals surface area contributed by atoms with Crippen molar-refractivity contribution >= 4 is 39.1 Å². The van der Waals surface area contributed by atoms with Crippen LogP contribution in [0.25, 0.3) is 0 Å². The smallest absolute Gasteiger partial charge is 0.243 e. The van der Waals surface area contributed by atoms with Crippen molar-refractivity contribution in [2.24, 2.45) is 22.9 Å². The summed E-state index contributed by atoms with van der Waals surface area (Å²) in [5.41, 5.74) is 2.94. The average Bonchev–Trinajstić information content (AvgIpc) is 3.25. The summed E-state index contributed by atoms with van der Waals surface area (Å²) >= 11 is 1.73. The molecule has 3 aromatic rings. The molecular formula is C47H61N3O9S2. The van der Waals surface area contributed by atoms with E-state index < -0.39 is 27.8 Å². The highest BCUT2D eigenvalue weighted by Gasteiger charge is 2.66. The number of allylic oxidation sites excluding steroid dienone is 1. The number of nitrogens with zero attached hydrogens (tertiary/aromatic N) is 2. The standard InChI is InChI=1S/C47H61N3O9S2/c1-5-24-50(61(54,55)38-21-18-35(19-22-38)48-33(3)53)44-32-42(49-56-4)40-30-34(14-10-12-25-51)39(17-11-13-26-52)45-41-31-36(57-28-29-60-37-15-8-7-9-16-37)20-23-43(41)59-47(44,46(40)45)58-27-6-2/h6-9,15-16,18-23,30-31,34,39,44-46,51-52H,2,5,10-14,17,24-29,32H2,1,3-4H3,(H,48,53). The van der Waals surface area contributed by atoms with Gasteiger partial charge in [0.25, 0.3) is 0 Å². The molecule has 3 N–H and O–H groups in total. The van der Waals surface area contributed by atoms with Crippen molar-refractivity contribution in [3.63, 3.8) is 0 Å². The van der Waals surface area contributed by atoms with Crippen LogP contribution in [0.3, 0.4) is 0 Å². The number of carbonyl (C=O) groups excluding carboxylic acids is 1. The first-order valence-corrected chi connectivity index (χ1v) is 23.9. The molecule has 14 heteroatoms. The highest BCUT2D eigenvalue weighted by Crippen LogP contribution is 2.62. The van der Waals surface area contributed by atoms with E-state index in [0.29, 0.717) is 48.8 Å². The van der Waals surface area contributed by atoms with Crippen molar-refractivity contribution < 1.29 is 42.5 Å². The van der Waals surface area contributed by atoms with E-state index in [4.69, 9.17) is 19.0 Å². The molecule has 0 bridgehead atoms. The van der Waals surface area contributed by atoms with E-state index in [9.17, 15) is 15.0 Å². The van der Waals surface area contributed by atoms with E-state index in [2.05, 4.69) is 41.3 Å². The van der Waals surface area contributed by atoms with Gasteiger partial charge in [0, 0.05) is 60.9 Å². The Morgan fingerprint density at radius 1 is 1.05 bits per heavy atom. The van der Waals surface area contributed by atoms with Gasteiger partial charge in [0.1, 0.15) is 18.6 Å². The summed E-state index contributed by atoms with van der Waals surface area (Å²) in [7, 11) is -2.71. The first-order chi connectivity index (χ1) is 29.6. The van der Waals surface area contributed by atoms with E-state index in [1.165, 1.54) is 35.4 Å². The number of thioether (sulfide) groups is 1. The number of unbranched alkanes of at least 4 members (excludes halogenated alkanes) is 2. The van der Waals surface area contributed by atoms with Gasteiger partial charge in [-0.25, -0.2) is 8.42 Å². The molecule has 0 radical (unpaired) electrons. The molecule has 1 amide bonds. The predicted molar refractivity (Wildman–Crippen MR) is 240 cm³/mol. The zero-order valence-corrected chi connectivity index (χ0v) is 37.2. The minimum atomic E-state index is -4.21. The molecule has 1 aliphatic heterocycles. The number of sulfonamides is 1. The molecule has 3 aliphatic rings. The Hall–Kier alpha value is -4.18. The summed E-state index contributed by atoms with van der Waals surface area (Å²) in [5, 5.41) is 27.1. The van der Waals surface area contributed by atoms with Gasteiger partial charge in [0.15, 0.2) is 0 Å². The number of hydrogen-bond acceptors (Lipinski definition) is 11. The molecule has 12 nitrogen and oxygen atoms in total. The fraction of sp³-hybridized carbons (Fsp3) is 0.489. The topological polar surface area (TPSA) is 156 Å². The second kappa shape index (κ2) is 21.8. The van der Waals surface area contributed by atoms with Crippen molar-refractivity contribution in [3.8, 4) is 11.5 Å². The molecule has 2 aliphatic carbocycles. The molecule has 6 atom stereocenters. The fourth-order valence-electron chi connectivity index (χ4n) is 9.37. The number of oxime groups is 1. The van der Waals surface area contributed by atoms with E-state index in [1.54, 1.807) is 30.0 Å². The van der Waals surface area contributed by atoms with Gasteiger partial charge in [-0.1, -0.05) is 55.3 Å². The number of carbonyl (C=O) groups is 1. The number of aliphatic hydroxyl groups is 2. The molecule has 1 heterocycles. The number of ether oxygens (including phenoxy) is 3. The van der Waals surface area contributed by atoms with Crippen molar-refractivity contribution in [2.45, 2.75) is 92.8 Å². The number of anilines is 1. The lowest BCUT2D eigenvalue weighted by Gasteiger charge is -2.59. The number of nitrogens with one attached hydrogen (secondary N) is 1. The van der Waals surface area contributed by atoms with Gasteiger partial charge >= 0.3 is 0 Å². The average molecular weight is 876 g/mol. The number of aliphatic hydroxyl groups excluding tert-OH is 2. The Kier molecular flexibility index (Phi) is 16.5. The summed E-state index contributed by atoms with van der Waals surface area (Å²) in [5.74, 6) is -0.459. The van der Waals surface area contributed by atoms with Crippen LogP contribution in [0.15, 0.2) is 112 Å². The minimum Gasteiger partial charge on any atom is -0.493 e. The summed E-state index contributed by atoms with van der Waals surface area (Å²) in [6, 6.07) is 21.4. The third-order valence-electron chi connectivity index (χ3n) is 11.8. The second-order valence-corrected chi connectivity index (χ2v) is 18.8. The largest absolute Gasteiger partial charge is 0.493 e. The van der Waals surface area contributed by atoms with Gasteiger partial charge in [-0.05, 0) is 104 Å². The first-order valence-electron chi connectivity index (χ1n) is 21.4. The van der Waals surface area contributed by atoms with Crippen LogP contribution in [0.1, 0.15) is 76.7 Å². The summed E-state index contributed by atoms with van der Waals surface area (Å²) in [6.45, 7) is 8.22. The number of fused-ring (bicyclic) bond motifs is 2. The Balaban J connectivity index is 1.52. The number of amides is 1. The van der Waals surface area contributed by atoms with E-state index >= 15 is 8.42 Å². The first kappa shape index (κ1) is 46.3. The van der Waals surface area contributed by atoms with Crippen molar-refractivity contribution in [1.29, 1.82) is 0 Å². The molecule has 0 saturated heterocycles. The number of rotatable bonds is 23. The molecule has 0 aromatic heterocycles. The van der Waals surface area contributed by atoms with Gasteiger partial charge in [-0.3, -0.25) is 4.79 Å². The van der Waals surface area contributed by atoms with E-state index in [1.807, 2.05) is 37.3 Å². The van der Waals surface area contributed by atoms with Gasteiger partial charge in [-0.2, -0.15) is 4.31 Å². The van der Waals surface area contributed by atoms with Gasteiger partial charge in [0.2, 0.25) is 21.7 Å². The lowest BCUT2D eigenvalue weighted by atomic mass is 9.55. The molecular weight excluding hydrogens is 815 g/mol. The van der Waals surface area contributed by atoms with Crippen LogP contribution >= 0.6 is 11.8 Å². The molecule has 0 spiro atoms. The Bertz CT molecular complexity index is 2100. The quantitative estimate of drug-likeness (QED) is 0.0368. The third-order valence-corrected chi connectivity index (χ3v) is 14.7. The SMILES string of the molecule is C=CCOC12Oc3ccc(OCCSc4ccccc4)cc3C3C(CCCCO)C(CCCCO)C=C(C(=NOC)CC1N(CCC)S(=O)(=O)c1ccc(NC(C)=O)cc1)C32. The van der Waals surface area contributed by atoms with E-state index in [0.717, 1.165) is 42.6 Å². The lowest BCUT2D eigenvalue weighted by Crippen LogP contribution is -2.70. The maximum Gasteiger partial charge on any atom is 0.243 e. The van der Waals surface area contributed by atoms with Crippen molar-refractivity contribution in [1.82, 2.24) is 4.31 Å². The zero-order chi connectivity index (χ0) is 43.4. The number of benzene rings is 3. The maximum absolute atomic E-state index is 15.1. The van der Waals surface area contributed by atoms with Crippen LogP contribution in [0.4, 0.5) is 5.69 Å². The predicted octanol–water partition coefficient (Wildman–Crippen LogP) is 8.18. The minimum absolute atomic E-state index is 0.0253. The Morgan fingerprint density at radius 2 is 1.79 bits per heavy atom. The van der Waals surface area contributed by atoms with Crippen molar-refractivity contribution in [2.75, 3.05) is 51.2 Å². The molecule has 6 unspecified atom stereocenters. The Morgan fingerprint density at radius 3 is 2.46 bits per heavy atom. The monoisotopic (exact) mass is 875 g/mol. The fourth-order valence-corrected chi connectivity index (χ4v) is 11.9. The van der Waals surface area contributed by atoms with Crippen LogP contribution in [0, 0.1) is 17.8 Å². The maximum atomic E-state index is 15.1. The zero-order valence-electron chi connectivity index (χ0n) is 35.5. The van der Waals surface area contributed by atoms with Gasteiger partial charge < -0.3 is 34.6 Å². The van der Waals surface area contributed by atoms with Crippen LogP contribution in [-0.2, 0) is 24.4 Å². The molecule has 61 heavy (non-hydrogen) atoms. The van der Waals surface area contributed by atoms with Crippen LogP contribution in [0.5, 0.6) is 11.5 Å². The molecule has 1 fully saturated rings. The summed E-state index contributed by atoms with van der Waals surface area (Å²) in [4.78, 5) is 18.6. The Labute approximate surface area is 365 Å². The summed E-state index contributed by atoms with van der Waals surface area (Å²) < 4.78 is 52.3. The van der Waals surface area contributed by atoms with Crippen molar-refractivity contribution in [3.05, 3.63) is 103 Å².